The molecule has 1 aliphatic heterocycles. The van der Waals surface area contributed by atoms with Gasteiger partial charge in [0.05, 0.1) is 22.9 Å². The van der Waals surface area contributed by atoms with Crippen LogP contribution < -0.4 is 0 Å². The second-order valence-electron chi connectivity index (χ2n) is 11.3. The molecule has 1 amide bonds. The second-order valence-corrected chi connectivity index (χ2v) is 11.6. The van der Waals surface area contributed by atoms with Crippen molar-refractivity contribution in [3.8, 4) is 5.69 Å². The van der Waals surface area contributed by atoms with E-state index in [0.717, 1.165) is 24.9 Å². The molecule has 2 aromatic rings. The highest BCUT2D eigenvalue weighted by Gasteiger charge is 2.57. The minimum atomic E-state index is -0.756. The van der Waals surface area contributed by atoms with Crippen molar-refractivity contribution in [1.82, 2.24) is 14.7 Å². The number of nitrogens with zero attached hydrogens (tertiary/aromatic N) is 3. The Balaban J connectivity index is 1.17. The van der Waals surface area contributed by atoms with Crippen LogP contribution in [-0.4, -0.2) is 50.4 Å². The molecule has 4 bridgehead atoms. The Hall–Kier alpha value is -2.38. The zero-order valence-electron chi connectivity index (χ0n) is 20.0. The lowest BCUT2D eigenvalue weighted by Gasteiger charge is -2.56. The van der Waals surface area contributed by atoms with Crippen LogP contribution in [0.2, 0.25) is 5.15 Å². The van der Waals surface area contributed by atoms with Gasteiger partial charge in [0.1, 0.15) is 17.8 Å². The van der Waals surface area contributed by atoms with E-state index in [1.165, 1.54) is 19.3 Å². The van der Waals surface area contributed by atoms with Crippen molar-refractivity contribution in [1.29, 1.82) is 0 Å². The predicted molar refractivity (Wildman–Crippen MR) is 130 cm³/mol. The maximum Gasteiger partial charge on any atom is 0.329 e. The molecule has 35 heavy (non-hydrogen) atoms. The molecule has 4 saturated carbocycles. The summed E-state index contributed by atoms with van der Waals surface area (Å²) in [5, 5.41) is 15.3. The highest BCUT2D eigenvalue weighted by atomic mass is 35.5. The van der Waals surface area contributed by atoms with Crippen molar-refractivity contribution in [2.24, 2.45) is 23.2 Å². The van der Waals surface area contributed by atoms with Gasteiger partial charge in [0.25, 0.3) is 0 Å². The molecule has 2 atom stereocenters. The highest BCUT2D eigenvalue weighted by molar-refractivity contribution is 6.30. The van der Waals surface area contributed by atoms with Gasteiger partial charge < -0.3 is 14.7 Å². The number of amides is 1. The summed E-state index contributed by atoms with van der Waals surface area (Å²) in [6, 6.07) is 8.79. The number of likely N-dealkylation sites (tertiary alicyclic amines) is 1. The lowest BCUT2D eigenvalue weighted by Crippen LogP contribution is -2.56. The van der Waals surface area contributed by atoms with Crippen molar-refractivity contribution in [3.05, 3.63) is 46.7 Å². The first-order valence-corrected chi connectivity index (χ1v) is 13.2. The van der Waals surface area contributed by atoms with E-state index >= 15 is 0 Å². The van der Waals surface area contributed by atoms with Crippen LogP contribution >= 0.6 is 11.6 Å². The molecule has 1 saturated heterocycles. The predicted octanol–water partition coefficient (Wildman–Crippen LogP) is 4.06. The zero-order chi connectivity index (χ0) is 24.3. The molecular formula is C27H32ClN3O4. The minimum absolute atomic E-state index is 0.0255. The van der Waals surface area contributed by atoms with Crippen LogP contribution in [0.1, 0.15) is 56.2 Å². The van der Waals surface area contributed by atoms with Gasteiger partial charge in [-0.05, 0) is 75.3 Å². The Morgan fingerprint density at radius 1 is 1.09 bits per heavy atom. The molecule has 1 aromatic heterocycles. The molecule has 7 nitrogen and oxygen atoms in total. The van der Waals surface area contributed by atoms with Crippen LogP contribution in [0.25, 0.3) is 5.69 Å². The third-order valence-electron chi connectivity index (χ3n) is 8.79. The molecule has 1 unspecified atom stereocenters. The number of para-hydroxylation sites is 1. The van der Waals surface area contributed by atoms with E-state index in [2.05, 4.69) is 5.10 Å². The summed E-state index contributed by atoms with van der Waals surface area (Å²) in [6.07, 6.45) is 6.04. The topological polar surface area (TPSA) is 84.7 Å². The number of carbonyl (C=O) groups is 2. The van der Waals surface area contributed by atoms with E-state index in [9.17, 15) is 14.7 Å². The molecule has 1 N–H and O–H groups in total. The standard InChI is InChI=1S/C27H32ClN3O4/c1-16-22(24(28)31(29-16)20-5-3-2-4-6-20)15-35-25(33)23-10-21(32)14-30(23)26(34)27-11-17-7-18(12-27)9-19(8-17)13-27/h2-6,17-19,21,23,32H,7-15H2,1H3/t17?,18?,19?,21?,23-,27?/m0/s1. The van der Waals surface area contributed by atoms with E-state index in [1.54, 1.807) is 9.58 Å². The van der Waals surface area contributed by atoms with Crippen LogP contribution in [0.4, 0.5) is 0 Å². The van der Waals surface area contributed by atoms with Gasteiger partial charge in [-0.3, -0.25) is 4.79 Å². The number of halogens is 1. The van der Waals surface area contributed by atoms with Gasteiger partial charge in [0.2, 0.25) is 5.91 Å². The van der Waals surface area contributed by atoms with Crippen LogP contribution in [0.5, 0.6) is 0 Å². The summed E-state index contributed by atoms with van der Waals surface area (Å²) in [6.45, 7) is 2.01. The lowest BCUT2D eigenvalue weighted by atomic mass is 9.49. The summed E-state index contributed by atoms with van der Waals surface area (Å²) >= 11 is 6.59. The van der Waals surface area contributed by atoms with Gasteiger partial charge >= 0.3 is 5.97 Å². The molecule has 7 rings (SSSR count). The molecule has 8 heteroatoms. The average Bonchev–Trinajstić information content (AvgIpc) is 3.35. The van der Waals surface area contributed by atoms with E-state index in [1.807, 2.05) is 37.3 Å². The number of hydrogen-bond donors (Lipinski definition) is 1. The van der Waals surface area contributed by atoms with E-state index in [4.69, 9.17) is 16.3 Å². The first-order chi connectivity index (χ1) is 16.8. The number of aromatic nitrogens is 2. The Labute approximate surface area is 210 Å². The third kappa shape index (κ3) is 3.97. The normalized spacial score (nSPS) is 33.3. The fourth-order valence-corrected chi connectivity index (χ4v) is 7.94. The van der Waals surface area contributed by atoms with E-state index < -0.39 is 18.1 Å². The van der Waals surface area contributed by atoms with Crippen molar-refractivity contribution < 1.29 is 19.4 Å². The van der Waals surface area contributed by atoms with Crippen molar-refractivity contribution in [2.45, 2.75) is 70.6 Å². The second kappa shape index (κ2) is 8.63. The van der Waals surface area contributed by atoms with Crippen LogP contribution in [0.15, 0.2) is 30.3 Å². The number of rotatable bonds is 5. The smallest absolute Gasteiger partial charge is 0.329 e. The lowest BCUT2D eigenvalue weighted by molar-refractivity contribution is -0.166. The Morgan fingerprint density at radius 3 is 2.34 bits per heavy atom. The fraction of sp³-hybridized carbons (Fsp3) is 0.593. The molecular weight excluding hydrogens is 466 g/mol. The van der Waals surface area contributed by atoms with E-state index in [0.29, 0.717) is 34.2 Å². The molecule has 0 spiro atoms. The van der Waals surface area contributed by atoms with Crippen LogP contribution in [-0.2, 0) is 20.9 Å². The SMILES string of the molecule is Cc1nn(-c2ccccc2)c(Cl)c1COC(=O)[C@@H]1CC(O)CN1C(=O)C12CC3CC(CC(C3)C1)C2. The summed E-state index contributed by atoms with van der Waals surface area (Å²) in [5.41, 5.74) is 1.79. The summed E-state index contributed by atoms with van der Waals surface area (Å²) < 4.78 is 7.32. The van der Waals surface area contributed by atoms with Gasteiger partial charge in [-0.15, -0.1) is 0 Å². The Morgan fingerprint density at radius 2 is 1.71 bits per heavy atom. The Bertz CT molecular complexity index is 1110. The van der Waals surface area contributed by atoms with Crippen LogP contribution in [0.3, 0.4) is 0 Å². The molecule has 5 aliphatic rings. The number of hydrogen-bond acceptors (Lipinski definition) is 5. The number of esters is 1. The van der Waals surface area contributed by atoms with Crippen LogP contribution in [0, 0.1) is 30.1 Å². The number of aliphatic hydroxyl groups excluding tert-OH is 1. The first-order valence-electron chi connectivity index (χ1n) is 12.8. The summed E-state index contributed by atoms with van der Waals surface area (Å²) in [7, 11) is 0. The largest absolute Gasteiger partial charge is 0.459 e. The number of β-amino-alcohol motifs (C(OH)–C–C–N with tert-alkyl or cyclic N) is 1. The Kier molecular flexibility index (Phi) is 5.68. The average molecular weight is 498 g/mol. The van der Waals surface area contributed by atoms with Crippen molar-refractivity contribution >= 4 is 23.5 Å². The molecule has 4 aliphatic carbocycles. The van der Waals surface area contributed by atoms with Gasteiger partial charge in [-0.25, -0.2) is 9.48 Å². The third-order valence-corrected chi connectivity index (χ3v) is 9.17. The van der Waals surface area contributed by atoms with Gasteiger partial charge in [0.15, 0.2) is 0 Å². The van der Waals surface area contributed by atoms with E-state index in [-0.39, 0.29) is 30.9 Å². The minimum Gasteiger partial charge on any atom is -0.459 e. The zero-order valence-corrected chi connectivity index (χ0v) is 20.8. The molecule has 2 heterocycles. The van der Waals surface area contributed by atoms with Crippen molar-refractivity contribution in [2.75, 3.05) is 6.54 Å². The quantitative estimate of drug-likeness (QED) is 0.630. The number of aryl methyl sites for hydroxylation is 1. The van der Waals surface area contributed by atoms with Gasteiger partial charge in [-0.1, -0.05) is 29.8 Å². The van der Waals surface area contributed by atoms with Gasteiger partial charge in [-0.2, -0.15) is 5.10 Å². The monoisotopic (exact) mass is 497 g/mol. The fourth-order valence-electron chi connectivity index (χ4n) is 7.61. The van der Waals surface area contributed by atoms with Crippen molar-refractivity contribution in [3.63, 3.8) is 0 Å². The summed E-state index contributed by atoms with van der Waals surface area (Å²) in [5.74, 6) is 1.47. The maximum atomic E-state index is 13.9. The molecule has 0 radical (unpaired) electrons. The maximum absolute atomic E-state index is 13.9. The summed E-state index contributed by atoms with van der Waals surface area (Å²) in [4.78, 5) is 28.7. The molecule has 1 aromatic carbocycles. The number of benzene rings is 1. The number of ether oxygens (including phenoxy) is 1. The highest BCUT2D eigenvalue weighted by Crippen LogP contribution is 2.60. The number of aliphatic hydroxyl groups is 1. The first kappa shape index (κ1) is 23.0. The number of carbonyl (C=O) groups excluding carboxylic acids is 2. The van der Waals surface area contributed by atoms with Gasteiger partial charge in [0, 0.05) is 18.5 Å². The molecule has 5 fully saturated rings. The molecule has 186 valence electrons.